The van der Waals surface area contributed by atoms with Crippen molar-refractivity contribution in [2.75, 3.05) is 13.2 Å². The Labute approximate surface area is 158 Å². The zero-order chi connectivity index (χ0) is 17.4. The molecule has 2 aromatic rings. The maximum Gasteiger partial charge on any atom is 0.255 e. The molecule has 0 unspecified atom stereocenters. The second kappa shape index (κ2) is 10.8. The predicted molar refractivity (Wildman–Crippen MR) is 102 cm³/mol. The molecule has 0 fully saturated rings. The highest BCUT2D eigenvalue weighted by Gasteiger charge is 2.13. The fraction of sp³-hybridized carbons (Fsp3) is 0.278. The molecular weight excluding hydrogens is 363 g/mol. The first-order valence-corrected chi connectivity index (χ1v) is 8.09. The lowest BCUT2D eigenvalue weighted by molar-refractivity contribution is -0.119. The van der Waals surface area contributed by atoms with Gasteiger partial charge in [0.15, 0.2) is 18.1 Å². The maximum atomic E-state index is 10.9. The number of carbonyl (C=O) groups is 1. The van der Waals surface area contributed by atoms with Crippen LogP contribution in [0, 0.1) is 0 Å². The molecule has 0 aliphatic carbocycles. The Kier molecular flexibility index (Phi) is 9.13. The standard InChI is InChI=1S/C18H21ClN2O3.ClH/c1-2-23-16-9-14(8-15(19)18(16)24-12-17(20)22)11-21-10-13-6-4-3-5-7-13;/h3-9,21H,2,10-12H2,1H3,(H2,20,22);1H. The molecule has 0 aliphatic rings. The van der Waals surface area contributed by atoms with E-state index >= 15 is 0 Å². The van der Waals surface area contributed by atoms with Gasteiger partial charge < -0.3 is 20.5 Å². The number of primary amides is 1. The average Bonchev–Trinajstić information content (AvgIpc) is 2.55. The van der Waals surface area contributed by atoms with Crippen molar-refractivity contribution < 1.29 is 14.3 Å². The molecule has 3 N–H and O–H groups in total. The average molecular weight is 385 g/mol. The van der Waals surface area contributed by atoms with Crippen LogP contribution in [-0.2, 0) is 17.9 Å². The summed E-state index contributed by atoms with van der Waals surface area (Å²) in [6.07, 6.45) is 0. The van der Waals surface area contributed by atoms with Crippen LogP contribution in [0.4, 0.5) is 0 Å². The largest absolute Gasteiger partial charge is 0.490 e. The van der Waals surface area contributed by atoms with E-state index in [4.69, 9.17) is 26.8 Å². The summed E-state index contributed by atoms with van der Waals surface area (Å²) in [6.45, 7) is 3.47. The topological polar surface area (TPSA) is 73.6 Å². The van der Waals surface area contributed by atoms with Gasteiger partial charge in [0, 0.05) is 13.1 Å². The van der Waals surface area contributed by atoms with E-state index in [1.807, 2.05) is 31.2 Å². The lowest BCUT2D eigenvalue weighted by Gasteiger charge is -2.15. The summed E-state index contributed by atoms with van der Waals surface area (Å²) < 4.78 is 10.9. The number of benzene rings is 2. The first-order valence-electron chi connectivity index (χ1n) is 7.71. The summed E-state index contributed by atoms with van der Waals surface area (Å²) in [5.74, 6) is 0.272. The highest BCUT2D eigenvalue weighted by Crippen LogP contribution is 2.36. The Bertz CT molecular complexity index is 682. The molecule has 5 nitrogen and oxygen atoms in total. The minimum Gasteiger partial charge on any atom is -0.490 e. The number of rotatable bonds is 9. The van der Waals surface area contributed by atoms with Gasteiger partial charge in [-0.3, -0.25) is 4.79 Å². The summed E-state index contributed by atoms with van der Waals surface area (Å²) in [4.78, 5) is 10.9. The first kappa shape index (κ1) is 21.1. The maximum absolute atomic E-state index is 10.9. The fourth-order valence-corrected chi connectivity index (χ4v) is 2.50. The minimum atomic E-state index is -0.567. The molecule has 0 atom stereocenters. The monoisotopic (exact) mass is 384 g/mol. The van der Waals surface area contributed by atoms with Crippen LogP contribution in [0.1, 0.15) is 18.1 Å². The van der Waals surface area contributed by atoms with Crippen molar-refractivity contribution >= 4 is 29.9 Å². The van der Waals surface area contributed by atoms with Crippen LogP contribution < -0.4 is 20.5 Å². The van der Waals surface area contributed by atoms with Crippen LogP contribution >= 0.6 is 24.0 Å². The van der Waals surface area contributed by atoms with Crippen molar-refractivity contribution in [2.45, 2.75) is 20.0 Å². The quantitative estimate of drug-likeness (QED) is 0.695. The second-order valence-corrected chi connectivity index (χ2v) is 5.59. The number of nitrogens with two attached hydrogens (primary N) is 1. The molecule has 0 spiro atoms. The van der Waals surface area contributed by atoms with Crippen molar-refractivity contribution in [3.8, 4) is 11.5 Å². The third-order valence-electron chi connectivity index (χ3n) is 3.23. The zero-order valence-electron chi connectivity index (χ0n) is 14.0. The van der Waals surface area contributed by atoms with Crippen LogP contribution in [0.2, 0.25) is 5.02 Å². The Balaban J connectivity index is 0.00000312. The van der Waals surface area contributed by atoms with Crippen LogP contribution in [0.5, 0.6) is 11.5 Å². The van der Waals surface area contributed by atoms with Crippen LogP contribution in [-0.4, -0.2) is 19.1 Å². The summed E-state index contributed by atoms with van der Waals surface area (Å²) in [7, 11) is 0. The molecule has 0 radical (unpaired) electrons. The van der Waals surface area contributed by atoms with Gasteiger partial charge >= 0.3 is 0 Å². The number of halogens is 2. The van der Waals surface area contributed by atoms with E-state index in [0.717, 1.165) is 12.1 Å². The van der Waals surface area contributed by atoms with Gasteiger partial charge in [0.1, 0.15) is 0 Å². The van der Waals surface area contributed by atoms with Gasteiger partial charge in [0.25, 0.3) is 5.91 Å². The molecular formula is C18H22Cl2N2O3. The van der Waals surface area contributed by atoms with Gasteiger partial charge in [-0.25, -0.2) is 0 Å². The van der Waals surface area contributed by atoms with Gasteiger partial charge in [0.2, 0.25) is 0 Å². The molecule has 25 heavy (non-hydrogen) atoms. The normalized spacial score (nSPS) is 10.0. The number of hydrogen-bond acceptors (Lipinski definition) is 4. The van der Waals surface area contributed by atoms with E-state index in [0.29, 0.717) is 29.7 Å². The number of amides is 1. The van der Waals surface area contributed by atoms with Gasteiger partial charge in [-0.15, -0.1) is 12.4 Å². The highest BCUT2D eigenvalue weighted by molar-refractivity contribution is 6.32. The van der Waals surface area contributed by atoms with Crippen molar-refractivity contribution in [2.24, 2.45) is 5.73 Å². The third-order valence-corrected chi connectivity index (χ3v) is 3.51. The summed E-state index contributed by atoms with van der Waals surface area (Å²) in [5.41, 5.74) is 7.27. The van der Waals surface area contributed by atoms with E-state index in [9.17, 15) is 4.79 Å². The lowest BCUT2D eigenvalue weighted by atomic mass is 10.2. The Morgan fingerprint density at radius 2 is 1.80 bits per heavy atom. The van der Waals surface area contributed by atoms with Crippen molar-refractivity contribution in [1.82, 2.24) is 5.32 Å². The van der Waals surface area contributed by atoms with E-state index in [1.54, 1.807) is 6.07 Å². The smallest absolute Gasteiger partial charge is 0.255 e. The zero-order valence-corrected chi connectivity index (χ0v) is 15.5. The van der Waals surface area contributed by atoms with Gasteiger partial charge in [-0.1, -0.05) is 41.9 Å². The van der Waals surface area contributed by atoms with E-state index < -0.39 is 5.91 Å². The van der Waals surface area contributed by atoms with E-state index in [1.165, 1.54) is 5.56 Å². The molecule has 136 valence electrons. The molecule has 0 heterocycles. The Hall–Kier alpha value is -1.95. The Morgan fingerprint density at radius 3 is 2.44 bits per heavy atom. The molecule has 0 aliphatic heterocycles. The van der Waals surface area contributed by atoms with Gasteiger partial charge in [-0.2, -0.15) is 0 Å². The van der Waals surface area contributed by atoms with Crippen LogP contribution in [0.15, 0.2) is 42.5 Å². The molecule has 0 saturated heterocycles. The number of nitrogens with one attached hydrogen (secondary N) is 1. The summed E-state index contributed by atoms with van der Waals surface area (Å²) in [5, 5.41) is 3.74. The van der Waals surface area contributed by atoms with Gasteiger partial charge in [0.05, 0.1) is 11.6 Å². The van der Waals surface area contributed by atoms with Crippen molar-refractivity contribution in [3.63, 3.8) is 0 Å². The first-order chi connectivity index (χ1) is 11.6. The Morgan fingerprint density at radius 1 is 1.12 bits per heavy atom. The van der Waals surface area contributed by atoms with Gasteiger partial charge in [-0.05, 0) is 30.2 Å². The van der Waals surface area contributed by atoms with E-state index in [2.05, 4.69) is 17.4 Å². The molecule has 0 aromatic heterocycles. The van der Waals surface area contributed by atoms with E-state index in [-0.39, 0.29) is 19.0 Å². The third kappa shape index (κ3) is 6.82. The molecule has 2 rings (SSSR count). The SMILES string of the molecule is CCOc1cc(CNCc2ccccc2)cc(Cl)c1OCC(N)=O.Cl. The molecule has 2 aromatic carbocycles. The molecule has 0 bridgehead atoms. The summed E-state index contributed by atoms with van der Waals surface area (Å²) in [6, 6.07) is 13.8. The van der Waals surface area contributed by atoms with Crippen molar-refractivity contribution in [3.05, 3.63) is 58.6 Å². The lowest BCUT2D eigenvalue weighted by Crippen LogP contribution is -2.20. The molecule has 1 amide bonds. The summed E-state index contributed by atoms with van der Waals surface area (Å²) >= 11 is 6.26. The highest BCUT2D eigenvalue weighted by atomic mass is 35.5. The van der Waals surface area contributed by atoms with Crippen LogP contribution in [0.3, 0.4) is 0 Å². The molecule has 0 saturated carbocycles. The minimum absolute atomic E-state index is 0. The molecule has 7 heteroatoms. The number of ether oxygens (including phenoxy) is 2. The van der Waals surface area contributed by atoms with Crippen LogP contribution in [0.25, 0.3) is 0 Å². The second-order valence-electron chi connectivity index (χ2n) is 5.18. The van der Waals surface area contributed by atoms with Crippen molar-refractivity contribution in [1.29, 1.82) is 0 Å². The predicted octanol–water partition coefficient (Wildman–Crippen LogP) is 3.31. The number of hydrogen-bond donors (Lipinski definition) is 2. The number of carbonyl (C=O) groups excluding carboxylic acids is 1. The fourth-order valence-electron chi connectivity index (χ4n) is 2.22.